The van der Waals surface area contributed by atoms with Crippen LogP contribution in [0.2, 0.25) is 0 Å². The number of pyridine rings is 1. The van der Waals surface area contributed by atoms with Crippen molar-refractivity contribution in [1.29, 1.82) is 0 Å². The van der Waals surface area contributed by atoms with E-state index in [2.05, 4.69) is 27.9 Å². The van der Waals surface area contributed by atoms with Gasteiger partial charge in [0.25, 0.3) is 5.91 Å². The van der Waals surface area contributed by atoms with E-state index in [1.54, 1.807) is 0 Å². The van der Waals surface area contributed by atoms with Gasteiger partial charge in [0, 0.05) is 38.4 Å². The molecular formula is C20H24N4O. The minimum absolute atomic E-state index is 0.00271. The van der Waals surface area contributed by atoms with Crippen molar-refractivity contribution in [2.75, 3.05) is 49.6 Å². The molecule has 0 unspecified atom stereocenters. The first kappa shape index (κ1) is 16.1. The maximum Gasteiger partial charge on any atom is 0.276 e. The number of carbonyl (C=O) groups excluding carboxylic acids is 1. The predicted octanol–water partition coefficient (Wildman–Crippen LogP) is 2.43. The molecule has 4 rings (SSSR count). The lowest BCUT2D eigenvalue weighted by molar-refractivity contribution is 0.0980. The smallest absolute Gasteiger partial charge is 0.276 e. The lowest BCUT2D eigenvalue weighted by Crippen LogP contribution is -2.44. The molecule has 0 saturated carbocycles. The Bertz CT molecular complexity index is 751. The highest BCUT2D eigenvalue weighted by atomic mass is 16.2. The Morgan fingerprint density at radius 1 is 1.00 bits per heavy atom. The molecule has 1 saturated heterocycles. The van der Waals surface area contributed by atoms with Crippen LogP contribution in [0.5, 0.6) is 0 Å². The van der Waals surface area contributed by atoms with Crippen LogP contribution < -0.4 is 9.80 Å². The molecule has 1 aromatic heterocycles. The van der Waals surface area contributed by atoms with Crippen LogP contribution >= 0.6 is 0 Å². The van der Waals surface area contributed by atoms with E-state index >= 15 is 0 Å². The van der Waals surface area contributed by atoms with Crippen LogP contribution in [0.25, 0.3) is 0 Å². The van der Waals surface area contributed by atoms with Crippen LogP contribution in [0, 0.1) is 0 Å². The molecule has 0 spiro atoms. The van der Waals surface area contributed by atoms with E-state index in [0.717, 1.165) is 56.9 Å². The Balaban J connectivity index is 1.52. The molecule has 0 N–H and O–H groups in total. The molecule has 0 aliphatic carbocycles. The van der Waals surface area contributed by atoms with E-state index < -0.39 is 0 Å². The summed E-state index contributed by atoms with van der Waals surface area (Å²) >= 11 is 0. The van der Waals surface area contributed by atoms with Gasteiger partial charge in [0.15, 0.2) is 0 Å². The lowest BCUT2D eigenvalue weighted by Gasteiger charge is -2.34. The van der Waals surface area contributed by atoms with Gasteiger partial charge in [0.2, 0.25) is 0 Å². The molecule has 2 aliphatic rings. The Morgan fingerprint density at radius 3 is 2.56 bits per heavy atom. The van der Waals surface area contributed by atoms with Crippen molar-refractivity contribution >= 4 is 17.3 Å². The number of nitrogens with zero attached hydrogens (tertiary/aromatic N) is 4. The molecule has 0 bridgehead atoms. The van der Waals surface area contributed by atoms with E-state index in [9.17, 15) is 4.79 Å². The lowest BCUT2D eigenvalue weighted by atomic mass is 10.0. The topological polar surface area (TPSA) is 39.7 Å². The van der Waals surface area contributed by atoms with Gasteiger partial charge in [-0.15, -0.1) is 0 Å². The number of para-hydroxylation sites is 1. The highest BCUT2D eigenvalue weighted by Crippen LogP contribution is 2.28. The highest BCUT2D eigenvalue weighted by Gasteiger charge is 2.24. The van der Waals surface area contributed by atoms with Gasteiger partial charge in [-0.05, 0) is 43.7 Å². The normalized spacial score (nSPS) is 18.1. The van der Waals surface area contributed by atoms with E-state index in [1.807, 2.05) is 41.4 Å². The second kappa shape index (κ2) is 6.84. The molecule has 1 fully saturated rings. The van der Waals surface area contributed by atoms with Gasteiger partial charge in [-0.1, -0.05) is 18.2 Å². The number of hydrogen-bond donors (Lipinski definition) is 0. The van der Waals surface area contributed by atoms with Gasteiger partial charge in [-0.2, -0.15) is 0 Å². The molecule has 25 heavy (non-hydrogen) atoms. The van der Waals surface area contributed by atoms with Crippen LogP contribution in [0.3, 0.4) is 0 Å². The van der Waals surface area contributed by atoms with E-state index in [-0.39, 0.29) is 5.91 Å². The summed E-state index contributed by atoms with van der Waals surface area (Å²) < 4.78 is 0. The summed E-state index contributed by atoms with van der Waals surface area (Å²) in [4.78, 5) is 23.9. The number of likely N-dealkylation sites (N-methyl/N-ethyl adjacent to an activating group) is 1. The van der Waals surface area contributed by atoms with Gasteiger partial charge < -0.3 is 14.7 Å². The van der Waals surface area contributed by atoms with Crippen molar-refractivity contribution in [3.05, 3.63) is 53.9 Å². The molecule has 130 valence electrons. The maximum atomic E-state index is 12.9. The average molecular weight is 336 g/mol. The summed E-state index contributed by atoms with van der Waals surface area (Å²) in [5, 5.41) is 0. The summed E-state index contributed by atoms with van der Waals surface area (Å²) in [6.07, 6.45) is 3.88. The van der Waals surface area contributed by atoms with Crippen molar-refractivity contribution in [2.24, 2.45) is 0 Å². The minimum atomic E-state index is -0.00271. The molecule has 1 aromatic carbocycles. The first-order valence-electron chi connectivity index (χ1n) is 9.02. The van der Waals surface area contributed by atoms with Crippen molar-refractivity contribution in [1.82, 2.24) is 9.88 Å². The Kier molecular flexibility index (Phi) is 4.40. The third-order valence-electron chi connectivity index (χ3n) is 5.19. The molecule has 3 heterocycles. The molecule has 5 nitrogen and oxygen atoms in total. The standard InChI is InChI=1S/C20H24N4O/c1-22-11-13-23(14-12-22)17-8-9-18(21-15-17)20(25)24-10-4-6-16-5-2-3-7-19(16)24/h2-3,5,7-9,15H,4,6,10-14H2,1H3. The second-order valence-corrected chi connectivity index (χ2v) is 6.88. The zero-order chi connectivity index (χ0) is 17.2. The van der Waals surface area contributed by atoms with Crippen molar-refractivity contribution < 1.29 is 4.79 Å². The van der Waals surface area contributed by atoms with E-state index in [0.29, 0.717) is 5.69 Å². The quantitative estimate of drug-likeness (QED) is 0.844. The number of carbonyl (C=O) groups is 1. The molecule has 1 amide bonds. The fraction of sp³-hybridized carbons (Fsp3) is 0.400. The van der Waals surface area contributed by atoms with Gasteiger partial charge in [-0.25, -0.2) is 4.98 Å². The summed E-state index contributed by atoms with van der Waals surface area (Å²) in [5.74, 6) is -0.00271. The van der Waals surface area contributed by atoms with Crippen LogP contribution in [0.4, 0.5) is 11.4 Å². The van der Waals surface area contributed by atoms with Gasteiger partial charge in [0.05, 0.1) is 11.9 Å². The Hall–Kier alpha value is -2.40. The molecule has 5 heteroatoms. The van der Waals surface area contributed by atoms with Crippen LogP contribution in [0.15, 0.2) is 42.6 Å². The zero-order valence-corrected chi connectivity index (χ0v) is 14.7. The molecular weight excluding hydrogens is 312 g/mol. The molecule has 0 radical (unpaired) electrons. The van der Waals surface area contributed by atoms with Crippen LogP contribution in [-0.4, -0.2) is 55.6 Å². The average Bonchev–Trinajstić information content (AvgIpc) is 2.68. The van der Waals surface area contributed by atoms with E-state index in [1.165, 1.54) is 5.56 Å². The summed E-state index contributed by atoms with van der Waals surface area (Å²) in [6, 6.07) is 12.1. The first-order valence-corrected chi connectivity index (χ1v) is 9.02. The number of fused-ring (bicyclic) bond motifs is 1. The Labute approximate surface area is 148 Å². The van der Waals surface area contributed by atoms with Crippen LogP contribution in [0.1, 0.15) is 22.5 Å². The molecule has 0 atom stereocenters. The number of amides is 1. The minimum Gasteiger partial charge on any atom is -0.368 e. The summed E-state index contributed by atoms with van der Waals surface area (Å²) in [6.45, 7) is 4.89. The molecule has 2 aliphatic heterocycles. The third kappa shape index (κ3) is 3.24. The fourth-order valence-corrected chi connectivity index (χ4v) is 3.65. The summed E-state index contributed by atoms with van der Waals surface area (Å²) in [7, 11) is 2.15. The van der Waals surface area contributed by atoms with Gasteiger partial charge >= 0.3 is 0 Å². The second-order valence-electron chi connectivity index (χ2n) is 6.88. The number of rotatable bonds is 2. The number of anilines is 2. The largest absolute Gasteiger partial charge is 0.368 e. The SMILES string of the molecule is CN1CCN(c2ccc(C(=O)N3CCCc4ccccc43)nc2)CC1. The van der Waals surface area contributed by atoms with E-state index in [4.69, 9.17) is 0 Å². The number of hydrogen-bond acceptors (Lipinski definition) is 4. The Morgan fingerprint density at radius 2 is 1.80 bits per heavy atom. The van der Waals surface area contributed by atoms with Gasteiger partial charge in [-0.3, -0.25) is 4.79 Å². The number of aryl methyl sites for hydroxylation is 1. The highest BCUT2D eigenvalue weighted by molar-refractivity contribution is 6.05. The first-order chi connectivity index (χ1) is 12.2. The number of benzene rings is 1. The zero-order valence-electron chi connectivity index (χ0n) is 14.7. The van der Waals surface area contributed by atoms with Crippen molar-refractivity contribution in [3.8, 4) is 0 Å². The summed E-state index contributed by atoms with van der Waals surface area (Å²) in [5.41, 5.74) is 3.90. The fourth-order valence-electron chi connectivity index (χ4n) is 3.65. The molecule has 2 aromatic rings. The third-order valence-corrected chi connectivity index (χ3v) is 5.19. The predicted molar refractivity (Wildman–Crippen MR) is 100 cm³/mol. The van der Waals surface area contributed by atoms with Crippen molar-refractivity contribution in [3.63, 3.8) is 0 Å². The number of aromatic nitrogens is 1. The van der Waals surface area contributed by atoms with Gasteiger partial charge in [0.1, 0.15) is 5.69 Å². The number of piperazine rings is 1. The monoisotopic (exact) mass is 336 g/mol. The van der Waals surface area contributed by atoms with Crippen molar-refractivity contribution in [2.45, 2.75) is 12.8 Å². The van der Waals surface area contributed by atoms with Crippen LogP contribution in [-0.2, 0) is 6.42 Å². The maximum absolute atomic E-state index is 12.9.